The van der Waals surface area contributed by atoms with E-state index in [1.165, 1.54) is 14.2 Å². The van der Waals surface area contributed by atoms with E-state index in [9.17, 15) is 9.59 Å². The second-order valence-electron chi connectivity index (χ2n) is 6.79. The molecule has 2 saturated carbocycles. The molecule has 4 nitrogen and oxygen atoms in total. The Morgan fingerprint density at radius 2 is 1.00 bits per heavy atom. The van der Waals surface area contributed by atoms with Crippen molar-refractivity contribution >= 4 is 43.8 Å². The first-order valence-electron chi connectivity index (χ1n) is 8.83. The van der Waals surface area contributed by atoms with Crippen LogP contribution in [-0.2, 0) is 19.1 Å². The molecule has 0 heterocycles. The van der Waals surface area contributed by atoms with E-state index in [0.29, 0.717) is 0 Å². The van der Waals surface area contributed by atoms with E-state index in [2.05, 4.69) is 31.9 Å². The Labute approximate surface area is 162 Å². The van der Waals surface area contributed by atoms with Crippen LogP contribution in [0.3, 0.4) is 0 Å². The molecule has 2 aliphatic carbocycles. The van der Waals surface area contributed by atoms with Crippen LogP contribution in [0, 0.1) is 23.7 Å². The van der Waals surface area contributed by atoms with Crippen molar-refractivity contribution < 1.29 is 19.1 Å². The molecule has 0 amide bonds. The number of alkyl halides is 2. The largest absolute Gasteiger partial charge is 0.469 e. The maximum atomic E-state index is 11.1. The second kappa shape index (κ2) is 12.3. The zero-order chi connectivity index (χ0) is 17.9. The number of carbonyl (C=O) groups is 2. The van der Waals surface area contributed by atoms with Crippen molar-refractivity contribution in [1.82, 2.24) is 0 Å². The fourth-order valence-corrected chi connectivity index (χ4v) is 4.73. The molecule has 0 aliphatic heterocycles. The summed E-state index contributed by atoms with van der Waals surface area (Å²) < 4.78 is 9.42. The van der Waals surface area contributed by atoms with Gasteiger partial charge in [-0.2, -0.15) is 0 Å². The zero-order valence-electron chi connectivity index (χ0n) is 14.8. The number of methoxy groups -OCH3 is 2. The van der Waals surface area contributed by atoms with Gasteiger partial charge >= 0.3 is 11.9 Å². The summed E-state index contributed by atoms with van der Waals surface area (Å²) in [6.45, 7) is 0. The van der Waals surface area contributed by atoms with Crippen molar-refractivity contribution in [2.45, 2.75) is 51.4 Å². The third-order valence-corrected chi connectivity index (χ3v) is 7.03. The van der Waals surface area contributed by atoms with Crippen LogP contribution in [0.15, 0.2) is 0 Å². The van der Waals surface area contributed by atoms with Gasteiger partial charge in [-0.1, -0.05) is 31.9 Å². The Morgan fingerprint density at radius 1 is 0.708 bits per heavy atom. The lowest BCUT2D eigenvalue weighted by atomic mass is 9.83. The number of rotatable bonds is 4. The van der Waals surface area contributed by atoms with Crippen molar-refractivity contribution in [2.24, 2.45) is 23.7 Å². The van der Waals surface area contributed by atoms with Crippen LogP contribution < -0.4 is 0 Å². The van der Waals surface area contributed by atoms with Crippen LogP contribution >= 0.6 is 31.9 Å². The van der Waals surface area contributed by atoms with Gasteiger partial charge in [0.25, 0.3) is 0 Å². The number of ether oxygens (including phenoxy) is 2. The Morgan fingerprint density at radius 3 is 1.21 bits per heavy atom. The number of hydrogen-bond donors (Lipinski definition) is 0. The van der Waals surface area contributed by atoms with Crippen LogP contribution in [0.1, 0.15) is 51.4 Å². The molecule has 2 rings (SSSR count). The van der Waals surface area contributed by atoms with Crippen molar-refractivity contribution in [3.63, 3.8) is 0 Å². The molecule has 0 atom stereocenters. The van der Waals surface area contributed by atoms with Crippen LogP contribution in [0.5, 0.6) is 0 Å². The predicted octanol–water partition coefficient (Wildman–Crippen LogP) is 4.72. The first-order chi connectivity index (χ1) is 11.5. The first kappa shape index (κ1) is 21.9. The molecule has 140 valence electrons. The molecule has 2 fully saturated rings. The first-order valence-corrected chi connectivity index (χ1v) is 11.1. The Balaban J connectivity index is 0.000000240. The summed E-state index contributed by atoms with van der Waals surface area (Å²) in [5, 5.41) is 2.14. The minimum absolute atomic E-state index is 0.0250. The predicted molar refractivity (Wildman–Crippen MR) is 103 cm³/mol. The SMILES string of the molecule is COC(=O)C1CCC(CBr)CC1.COC(=O)C1CCC(CBr)CC1. The van der Waals surface area contributed by atoms with E-state index in [-0.39, 0.29) is 23.8 Å². The number of esters is 2. The Kier molecular flexibility index (Phi) is 11.2. The van der Waals surface area contributed by atoms with Crippen molar-refractivity contribution in [1.29, 1.82) is 0 Å². The third kappa shape index (κ3) is 7.42. The van der Waals surface area contributed by atoms with Gasteiger partial charge in [0, 0.05) is 10.7 Å². The van der Waals surface area contributed by atoms with E-state index in [4.69, 9.17) is 9.47 Å². The van der Waals surface area contributed by atoms with Gasteiger partial charge in [0.1, 0.15) is 0 Å². The van der Waals surface area contributed by atoms with Crippen molar-refractivity contribution in [3.05, 3.63) is 0 Å². The van der Waals surface area contributed by atoms with Gasteiger partial charge in [-0.3, -0.25) is 9.59 Å². The Hall–Kier alpha value is -0.100. The van der Waals surface area contributed by atoms with Crippen LogP contribution in [0.25, 0.3) is 0 Å². The van der Waals surface area contributed by atoms with Gasteiger partial charge in [0.15, 0.2) is 0 Å². The molecule has 0 radical (unpaired) electrons. The van der Waals surface area contributed by atoms with Gasteiger partial charge in [-0.15, -0.1) is 0 Å². The monoisotopic (exact) mass is 468 g/mol. The van der Waals surface area contributed by atoms with Gasteiger partial charge in [-0.25, -0.2) is 0 Å². The summed E-state index contributed by atoms with van der Waals surface area (Å²) in [7, 11) is 2.94. The highest BCUT2D eigenvalue weighted by Crippen LogP contribution is 2.31. The summed E-state index contributed by atoms with van der Waals surface area (Å²) in [5.74, 6) is 1.83. The van der Waals surface area contributed by atoms with E-state index in [1.54, 1.807) is 0 Å². The summed E-state index contributed by atoms with van der Waals surface area (Å²) in [6.07, 6.45) is 8.64. The van der Waals surface area contributed by atoms with E-state index < -0.39 is 0 Å². The number of halogens is 2. The normalized spacial score (nSPS) is 29.8. The molecule has 24 heavy (non-hydrogen) atoms. The molecule has 0 aromatic heterocycles. The fraction of sp³-hybridized carbons (Fsp3) is 0.889. The Bertz CT molecular complexity index is 337. The third-order valence-electron chi connectivity index (χ3n) is 5.20. The molecular weight excluding hydrogens is 440 g/mol. The standard InChI is InChI=1S/2C9H15BrO2/c2*1-12-9(11)8-4-2-7(6-10)3-5-8/h2*7-8H,2-6H2,1H3. The van der Waals surface area contributed by atoms with Crippen molar-refractivity contribution in [2.75, 3.05) is 24.9 Å². The minimum atomic E-state index is -0.0250. The summed E-state index contributed by atoms with van der Waals surface area (Å²) in [4.78, 5) is 22.3. The quantitative estimate of drug-likeness (QED) is 0.441. The van der Waals surface area contributed by atoms with Gasteiger partial charge in [0.05, 0.1) is 26.1 Å². The molecule has 0 spiro atoms. The summed E-state index contributed by atoms with van der Waals surface area (Å²) in [5.41, 5.74) is 0. The molecule has 0 saturated heterocycles. The fourth-order valence-electron chi connectivity index (χ4n) is 3.44. The molecule has 6 heteroatoms. The van der Waals surface area contributed by atoms with Crippen molar-refractivity contribution in [3.8, 4) is 0 Å². The maximum absolute atomic E-state index is 11.1. The molecule has 0 aromatic rings. The summed E-state index contributed by atoms with van der Waals surface area (Å²) in [6, 6.07) is 0. The summed E-state index contributed by atoms with van der Waals surface area (Å²) >= 11 is 6.94. The molecule has 0 bridgehead atoms. The zero-order valence-corrected chi connectivity index (χ0v) is 17.9. The molecule has 2 aliphatic rings. The molecule has 0 aromatic carbocycles. The smallest absolute Gasteiger partial charge is 0.308 e. The van der Waals surface area contributed by atoms with Crippen LogP contribution in [0.2, 0.25) is 0 Å². The van der Waals surface area contributed by atoms with Gasteiger partial charge in [-0.05, 0) is 63.2 Å². The highest BCUT2D eigenvalue weighted by atomic mass is 79.9. The molecule has 0 unspecified atom stereocenters. The minimum Gasteiger partial charge on any atom is -0.469 e. The molecular formula is C18H30Br2O4. The van der Waals surface area contributed by atoms with Gasteiger partial charge in [0.2, 0.25) is 0 Å². The lowest BCUT2D eigenvalue weighted by Gasteiger charge is -2.25. The number of hydrogen-bond acceptors (Lipinski definition) is 4. The highest BCUT2D eigenvalue weighted by molar-refractivity contribution is 9.09. The number of carbonyl (C=O) groups excluding carboxylic acids is 2. The average Bonchev–Trinajstić information content (AvgIpc) is 2.67. The highest BCUT2D eigenvalue weighted by Gasteiger charge is 2.26. The lowest BCUT2D eigenvalue weighted by molar-refractivity contribution is -0.147. The van der Waals surface area contributed by atoms with Gasteiger partial charge < -0.3 is 9.47 Å². The second-order valence-corrected chi connectivity index (χ2v) is 8.09. The van der Waals surface area contributed by atoms with E-state index in [1.807, 2.05) is 0 Å². The maximum Gasteiger partial charge on any atom is 0.308 e. The van der Waals surface area contributed by atoms with Crippen LogP contribution in [-0.4, -0.2) is 36.8 Å². The van der Waals surface area contributed by atoms with Crippen LogP contribution in [0.4, 0.5) is 0 Å². The van der Waals surface area contributed by atoms with E-state index >= 15 is 0 Å². The lowest BCUT2D eigenvalue weighted by Crippen LogP contribution is -2.23. The van der Waals surface area contributed by atoms with E-state index in [0.717, 1.165) is 73.9 Å². The average molecular weight is 470 g/mol. The molecule has 0 N–H and O–H groups in total. The topological polar surface area (TPSA) is 52.6 Å².